The lowest BCUT2D eigenvalue weighted by molar-refractivity contribution is 0.517. The minimum atomic E-state index is 0.455. The fourth-order valence-corrected chi connectivity index (χ4v) is 6.41. The van der Waals surface area contributed by atoms with Crippen LogP contribution < -0.4 is 5.32 Å². The average Bonchev–Trinajstić information content (AvgIpc) is 2.46. The van der Waals surface area contributed by atoms with Crippen LogP contribution >= 0.6 is 46.7 Å². The highest BCUT2D eigenvalue weighted by atomic mass is 35.5. The average molecular weight is 350 g/mol. The number of likely N-dealkylation sites (N-methyl/N-ethyl adjacent to an activating group) is 1. The van der Waals surface area contributed by atoms with E-state index in [1.165, 1.54) is 23.5 Å². The summed E-state index contributed by atoms with van der Waals surface area (Å²) in [5.41, 5.74) is 1.18. The van der Waals surface area contributed by atoms with Crippen molar-refractivity contribution in [2.45, 2.75) is 36.3 Å². The molecule has 5 heteroatoms. The normalized spacial score (nSPS) is 24.6. The third-order valence-electron chi connectivity index (χ3n) is 3.72. The van der Waals surface area contributed by atoms with Gasteiger partial charge in [0.2, 0.25) is 0 Å². The second-order valence-corrected chi connectivity index (χ2v) is 8.46. The van der Waals surface area contributed by atoms with Crippen LogP contribution in [0.15, 0.2) is 18.2 Å². The molecule has 0 amide bonds. The Morgan fingerprint density at radius 2 is 2.05 bits per heavy atom. The number of thioether (sulfide) groups is 2. The zero-order chi connectivity index (χ0) is 14.5. The molecule has 20 heavy (non-hydrogen) atoms. The fraction of sp³-hybridized carbons (Fsp3) is 0.600. The van der Waals surface area contributed by atoms with Gasteiger partial charge in [-0.25, -0.2) is 0 Å². The maximum atomic E-state index is 6.32. The number of benzene rings is 1. The molecule has 0 aromatic heterocycles. The van der Waals surface area contributed by atoms with E-state index in [9.17, 15) is 0 Å². The van der Waals surface area contributed by atoms with Gasteiger partial charge >= 0.3 is 0 Å². The lowest BCUT2D eigenvalue weighted by Gasteiger charge is -2.36. The molecule has 0 saturated carbocycles. The predicted molar refractivity (Wildman–Crippen MR) is 95.8 cm³/mol. The summed E-state index contributed by atoms with van der Waals surface area (Å²) in [4.78, 5) is 0. The van der Waals surface area contributed by atoms with Crippen molar-refractivity contribution in [2.75, 3.05) is 18.6 Å². The highest BCUT2D eigenvalue weighted by Gasteiger charge is 2.31. The molecule has 3 unspecified atom stereocenters. The van der Waals surface area contributed by atoms with Gasteiger partial charge in [0, 0.05) is 38.1 Å². The predicted octanol–water partition coefficient (Wildman–Crippen LogP) is 4.75. The molecule has 1 fully saturated rings. The van der Waals surface area contributed by atoms with Gasteiger partial charge in [0.15, 0.2) is 0 Å². The van der Waals surface area contributed by atoms with Crippen LogP contribution in [-0.4, -0.2) is 35.1 Å². The van der Waals surface area contributed by atoms with Crippen LogP contribution in [0.25, 0.3) is 0 Å². The minimum Gasteiger partial charge on any atom is -0.316 e. The molecule has 0 spiro atoms. The van der Waals surface area contributed by atoms with Crippen LogP contribution in [-0.2, 0) is 6.42 Å². The van der Waals surface area contributed by atoms with Gasteiger partial charge in [0.25, 0.3) is 0 Å². The lowest BCUT2D eigenvalue weighted by Crippen LogP contribution is -2.45. The van der Waals surface area contributed by atoms with Crippen LogP contribution in [0.1, 0.15) is 18.9 Å². The molecule has 0 radical (unpaired) electrons. The van der Waals surface area contributed by atoms with Crippen molar-refractivity contribution in [3.05, 3.63) is 33.8 Å². The maximum Gasteiger partial charge on any atom is 0.0453 e. The largest absolute Gasteiger partial charge is 0.316 e. The Bertz CT molecular complexity index is 442. The summed E-state index contributed by atoms with van der Waals surface area (Å²) in [6.45, 7) is 2.29. The number of hydrogen-bond acceptors (Lipinski definition) is 3. The van der Waals surface area contributed by atoms with Gasteiger partial charge in [-0.05, 0) is 37.6 Å². The number of nitrogens with one attached hydrogen (secondary N) is 1. The number of halogens is 2. The van der Waals surface area contributed by atoms with E-state index in [4.69, 9.17) is 23.2 Å². The van der Waals surface area contributed by atoms with E-state index in [0.717, 1.165) is 16.7 Å². The van der Waals surface area contributed by atoms with Gasteiger partial charge in [0.05, 0.1) is 0 Å². The summed E-state index contributed by atoms with van der Waals surface area (Å²) < 4.78 is 0. The fourth-order valence-electron chi connectivity index (χ4n) is 2.62. The molecule has 1 N–H and O–H groups in total. The maximum absolute atomic E-state index is 6.32. The van der Waals surface area contributed by atoms with Gasteiger partial charge < -0.3 is 5.32 Å². The molecule has 1 aliphatic rings. The van der Waals surface area contributed by atoms with E-state index >= 15 is 0 Å². The van der Waals surface area contributed by atoms with Crippen molar-refractivity contribution in [3.63, 3.8) is 0 Å². The van der Waals surface area contributed by atoms with Crippen molar-refractivity contribution >= 4 is 46.7 Å². The van der Waals surface area contributed by atoms with Crippen molar-refractivity contribution < 1.29 is 0 Å². The van der Waals surface area contributed by atoms with Crippen LogP contribution in [0.4, 0.5) is 0 Å². The SMILES string of the molecule is CCC1SCCSC1C(Cc1ccc(Cl)cc1Cl)NC. The van der Waals surface area contributed by atoms with Gasteiger partial charge in [-0.15, -0.1) is 0 Å². The summed E-state index contributed by atoms with van der Waals surface area (Å²) >= 11 is 16.5. The minimum absolute atomic E-state index is 0.455. The van der Waals surface area contributed by atoms with Crippen molar-refractivity contribution in [1.29, 1.82) is 0 Å². The first kappa shape index (κ1) is 16.8. The second kappa shape index (κ2) is 8.19. The Morgan fingerprint density at radius 3 is 2.70 bits per heavy atom. The van der Waals surface area contributed by atoms with E-state index in [1.54, 1.807) is 0 Å². The van der Waals surface area contributed by atoms with Crippen molar-refractivity contribution in [3.8, 4) is 0 Å². The third kappa shape index (κ3) is 4.23. The number of hydrogen-bond donors (Lipinski definition) is 1. The van der Waals surface area contributed by atoms with Crippen LogP contribution in [0.2, 0.25) is 10.0 Å². The topological polar surface area (TPSA) is 12.0 Å². The van der Waals surface area contributed by atoms with Gasteiger partial charge in [0.1, 0.15) is 0 Å². The molecule has 0 aliphatic carbocycles. The smallest absolute Gasteiger partial charge is 0.0453 e. The van der Waals surface area contributed by atoms with Gasteiger partial charge in [-0.1, -0.05) is 36.2 Å². The van der Waals surface area contributed by atoms with Crippen molar-refractivity contribution in [1.82, 2.24) is 5.32 Å². The van der Waals surface area contributed by atoms with Crippen LogP contribution in [0.3, 0.4) is 0 Å². The summed E-state index contributed by atoms with van der Waals surface area (Å²) in [5.74, 6) is 2.52. The zero-order valence-corrected chi connectivity index (χ0v) is 15.0. The summed E-state index contributed by atoms with van der Waals surface area (Å²) in [6, 6.07) is 6.27. The Balaban J connectivity index is 2.11. The molecule has 2 rings (SSSR count). The van der Waals surface area contributed by atoms with Gasteiger partial charge in [-0.2, -0.15) is 23.5 Å². The standard InChI is InChI=1S/C15H21Cl2NS2/c1-3-14-15(20-7-6-19-14)13(18-2)8-10-4-5-11(16)9-12(10)17/h4-5,9,13-15,18H,3,6-8H2,1-2H3. The molecular formula is C15H21Cl2NS2. The summed E-state index contributed by atoms with van der Waals surface area (Å²) in [6.07, 6.45) is 2.19. The van der Waals surface area contributed by atoms with E-state index in [0.29, 0.717) is 16.3 Å². The molecule has 1 aromatic rings. The van der Waals surface area contributed by atoms with Gasteiger partial charge in [-0.3, -0.25) is 0 Å². The Labute approximate surface area is 140 Å². The molecule has 0 bridgehead atoms. The highest BCUT2D eigenvalue weighted by molar-refractivity contribution is 8.07. The summed E-state index contributed by atoms with van der Waals surface area (Å²) in [7, 11) is 2.06. The first-order valence-corrected chi connectivity index (χ1v) is 9.85. The molecule has 1 heterocycles. The van der Waals surface area contributed by atoms with Crippen LogP contribution in [0.5, 0.6) is 0 Å². The third-order valence-corrected chi connectivity index (χ3v) is 7.71. The first-order chi connectivity index (χ1) is 9.65. The van der Waals surface area contributed by atoms with E-state index in [-0.39, 0.29) is 0 Å². The highest BCUT2D eigenvalue weighted by Crippen LogP contribution is 2.36. The van der Waals surface area contributed by atoms with E-state index in [2.05, 4.69) is 48.9 Å². The quantitative estimate of drug-likeness (QED) is 0.823. The molecule has 1 saturated heterocycles. The Morgan fingerprint density at radius 1 is 1.30 bits per heavy atom. The first-order valence-electron chi connectivity index (χ1n) is 7.00. The number of rotatable bonds is 5. The molecular weight excluding hydrogens is 329 g/mol. The van der Waals surface area contributed by atoms with Crippen LogP contribution in [0, 0.1) is 0 Å². The Kier molecular flexibility index (Phi) is 6.89. The molecule has 112 valence electrons. The molecule has 1 nitrogen and oxygen atoms in total. The zero-order valence-electron chi connectivity index (χ0n) is 11.9. The lowest BCUT2D eigenvalue weighted by atomic mass is 10.00. The molecule has 3 atom stereocenters. The second-order valence-electron chi connectivity index (χ2n) is 4.99. The van der Waals surface area contributed by atoms with E-state index < -0.39 is 0 Å². The monoisotopic (exact) mass is 349 g/mol. The van der Waals surface area contributed by atoms with Crippen molar-refractivity contribution in [2.24, 2.45) is 0 Å². The molecule has 1 aliphatic heterocycles. The summed E-state index contributed by atoms with van der Waals surface area (Å²) in [5, 5.41) is 6.36. The van der Waals surface area contributed by atoms with E-state index in [1.807, 2.05) is 12.1 Å². The Hall–Kier alpha value is 0.460. The molecule has 1 aromatic carbocycles.